The Morgan fingerprint density at radius 2 is 2.42 bits per heavy atom. The minimum absolute atomic E-state index is 0. The highest BCUT2D eigenvalue weighted by Gasteiger charge is 2.15. The first-order valence-electron chi connectivity index (χ1n) is 3.72. The van der Waals surface area contributed by atoms with Gasteiger partial charge in [0.2, 0.25) is 0 Å². The second kappa shape index (κ2) is 6.22. The summed E-state index contributed by atoms with van der Waals surface area (Å²) in [6, 6.07) is 0. The van der Waals surface area contributed by atoms with Crippen molar-refractivity contribution in [2.75, 3.05) is 26.8 Å². The molecule has 1 heterocycles. The van der Waals surface area contributed by atoms with Gasteiger partial charge < -0.3 is 14.8 Å². The largest absolute Gasteiger partial charge is 0.467 e. The van der Waals surface area contributed by atoms with Crippen LogP contribution in [-0.4, -0.2) is 38.9 Å². The maximum absolute atomic E-state index is 10.6. The molecule has 1 rings (SSSR count). The molecule has 4 nitrogen and oxygen atoms in total. The van der Waals surface area contributed by atoms with Crippen LogP contribution < -0.4 is 5.32 Å². The number of hydrogen-bond acceptors (Lipinski definition) is 4. The van der Waals surface area contributed by atoms with Gasteiger partial charge >= 0.3 is 5.97 Å². The predicted molar refractivity (Wildman–Crippen MR) is 46.5 cm³/mol. The molecule has 0 saturated carbocycles. The average Bonchev–Trinajstić information content (AvgIpc) is 2.52. The molecule has 1 unspecified atom stereocenters. The number of carbonyl (C=O) groups excluding carboxylic acids is 1. The Bertz CT molecular complexity index is 137. The standard InChI is InChI=1S/C7H13NO3.ClH/c1-10-7(9)5-11-6-2-3-8-4-6;/h6,8H,2-5H2,1H3;1H. The van der Waals surface area contributed by atoms with Gasteiger partial charge in [-0.3, -0.25) is 0 Å². The topological polar surface area (TPSA) is 47.6 Å². The lowest BCUT2D eigenvalue weighted by Crippen LogP contribution is -2.21. The molecule has 1 fully saturated rings. The Balaban J connectivity index is 0.00000121. The van der Waals surface area contributed by atoms with E-state index in [9.17, 15) is 4.79 Å². The number of esters is 1. The Hall–Kier alpha value is -0.320. The summed E-state index contributed by atoms with van der Waals surface area (Å²) in [6.07, 6.45) is 1.17. The highest BCUT2D eigenvalue weighted by molar-refractivity contribution is 5.85. The van der Waals surface area contributed by atoms with Crippen LogP contribution in [0.2, 0.25) is 0 Å². The molecule has 1 aliphatic rings. The molecule has 0 aliphatic carbocycles. The quantitative estimate of drug-likeness (QED) is 0.642. The van der Waals surface area contributed by atoms with E-state index in [2.05, 4.69) is 10.1 Å². The van der Waals surface area contributed by atoms with Gasteiger partial charge in [-0.2, -0.15) is 0 Å². The fraction of sp³-hybridized carbons (Fsp3) is 0.857. The van der Waals surface area contributed by atoms with E-state index in [0.717, 1.165) is 19.5 Å². The molecule has 0 amide bonds. The van der Waals surface area contributed by atoms with Gasteiger partial charge in [-0.25, -0.2) is 4.79 Å². The first-order valence-corrected chi connectivity index (χ1v) is 3.72. The van der Waals surface area contributed by atoms with Crippen molar-refractivity contribution < 1.29 is 14.3 Å². The van der Waals surface area contributed by atoms with Crippen LogP contribution in [0.25, 0.3) is 0 Å². The third kappa shape index (κ3) is 3.90. The normalized spacial score (nSPS) is 21.6. The van der Waals surface area contributed by atoms with Gasteiger partial charge in [0.1, 0.15) is 6.61 Å². The fourth-order valence-electron chi connectivity index (χ4n) is 1.02. The summed E-state index contributed by atoms with van der Waals surface area (Å²) >= 11 is 0. The van der Waals surface area contributed by atoms with E-state index in [-0.39, 0.29) is 31.1 Å². The summed E-state index contributed by atoms with van der Waals surface area (Å²) in [5.41, 5.74) is 0. The van der Waals surface area contributed by atoms with Crippen molar-refractivity contribution in [3.63, 3.8) is 0 Å². The molecule has 0 spiro atoms. The number of ether oxygens (including phenoxy) is 2. The van der Waals surface area contributed by atoms with Crippen LogP contribution in [0.4, 0.5) is 0 Å². The molecule has 0 aromatic carbocycles. The molecule has 1 N–H and O–H groups in total. The molecule has 0 radical (unpaired) electrons. The molecule has 12 heavy (non-hydrogen) atoms. The van der Waals surface area contributed by atoms with Gasteiger partial charge in [-0.15, -0.1) is 12.4 Å². The van der Waals surface area contributed by atoms with Crippen LogP contribution in [0.3, 0.4) is 0 Å². The summed E-state index contributed by atoms with van der Waals surface area (Å²) in [6.45, 7) is 1.89. The van der Waals surface area contributed by atoms with Crippen molar-refractivity contribution in [3.05, 3.63) is 0 Å². The second-order valence-electron chi connectivity index (χ2n) is 2.50. The first-order chi connectivity index (χ1) is 5.33. The number of carbonyl (C=O) groups is 1. The summed E-state index contributed by atoms with van der Waals surface area (Å²) in [4.78, 5) is 10.6. The van der Waals surface area contributed by atoms with Crippen molar-refractivity contribution >= 4 is 18.4 Å². The summed E-state index contributed by atoms with van der Waals surface area (Å²) in [5.74, 6) is -0.308. The second-order valence-corrected chi connectivity index (χ2v) is 2.50. The minimum atomic E-state index is -0.308. The van der Waals surface area contributed by atoms with Crippen molar-refractivity contribution in [2.24, 2.45) is 0 Å². The Labute approximate surface area is 78.0 Å². The predicted octanol–water partition coefficient (Wildman–Crippen LogP) is -0.0403. The summed E-state index contributed by atoms with van der Waals surface area (Å²) < 4.78 is 9.64. The zero-order valence-electron chi connectivity index (χ0n) is 7.04. The van der Waals surface area contributed by atoms with Crippen LogP contribution >= 0.6 is 12.4 Å². The van der Waals surface area contributed by atoms with E-state index >= 15 is 0 Å². The molecule has 1 atom stereocenters. The lowest BCUT2D eigenvalue weighted by molar-refractivity contribution is -0.147. The van der Waals surface area contributed by atoms with Crippen LogP contribution in [-0.2, 0) is 14.3 Å². The molecule has 5 heteroatoms. The van der Waals surface area contributed by atoms with Crippen LogP contribution in [0.5, 0.6) is 0 Å². The van der Waals surface area contributed by atoms with Gasteiger partial charge in [0.05, 0.1) is 13.2 Å². The number of methoxy groups -OCH3 is 1. The minimum Gasteiger partial charge on any atom is -0.467 e. The van der Waals surface area contributed by atoms with Crippen LogP contribution in [0.1, 0.15) is 6.42 Å². The smallest absolute Gasteiger partial charge is 0.331 e. The van der Waals surface area contributed by atoms with Gasteiger partial charge in [-0.05, 0) is 13.0 Å². The lowest BCUT2D eigenvalue weighted by atomic mass is 10.3. The molecule has 1 aliphatic heterocycles. The van der Waals surface area contributed by atoms with E-state index in [4.69, 9.17) is 4.74 Å². The Kier molecular flexibility index (Phi) is 6.06. The monoisotopic (exact) mass is 195 g/mol. The maximum Gasteiger partial charge on any atom is 0.331 e. The molecular weight excluding hydrogens is 182 g/mol. The zero-order chi connectivity index (χ0) is 8.10. The van der Waals surface area contributed by atoms with Crippen molar-refractivity contribution in [3.8, 4) is 0 Å². The third-order valence-electron chi connectivity index (χ3n) is 1.68. The van der Waals surface area contributed by atoms with Gasteiger partial charge in [0.25, 0.3) is 0 Å². The number of hydrogen-bond donors (Lipinski definition) is 1. The van der Waals surface area contributed by atoms with Crippen LogP contribution in [0, 0.1) is 0 Å². The fourth-order valence-corrected chi connectivity index (χ4v) is 1.02. The molecule has 0 aromatic heterocycles. The average molecular weight is 196 g/mol. The van der Waals surface area contributed by atoms with Gasteiger partial charge in [-0.1, -0.05) is 0 Å². The summed E-state index contributed by atoms with van der Waals surface area (Å²) in [5, 5.41) is 3.14. The van der Waals surface area contributed by atoms with Crippen molar-refractivity contribution in [2.45, 2.75) is 12.5 Å². The van der Waals surface area contributed by atoms with Crippen LogP contribution in [0.15, 0.2) is 0 Å². The number of halogens is 1. The third-order valence-corrected chi connectivity index (χ3v) is 1.68. The molecular formula is C7H14ClNO3. The number of rotatable bonds is 3. The molecule has 72 valence electrons. The Morgan fingerprint density at radius 3 is 2.92 bits per heavy atom. The van der Waals surface area contributed by atoms with E-state index in [1.54, 1.807) is 0 Å². The Morgan fingerprint density at radius 1 is 1.67 bits per heavy atom. The van der Waals surface area contributed by atoms with Crippen molar-refractivity contribution in [1.29, 1.82) is 0 Å². The van der Waals surface area contributed by atoms with E-state index in [1.807, 2.05) is 0 Å². The van der Waals surface area contributed by atoms with E-state index in [1.165, 1.54) is 7.11 Å². The maximum atomic E-state index is 10.6. The van der Waals surface area contributed by atoms with Gasteiger partial charge in [0.15, 0.2) is 0 Å². The SMILES string of the molecule is COC(=O)COC1CCNC1.Cl. The highest BCUT2D eigenvalue weighted by Crippen LogP contribution is 2.02. The molecule has 0 aromatic rings. The van der Waals surface area contributed by atoms with Gasteiger partial charge in [0, 0.05) is 6.54 Å². The van der Waals surface area contributed by atoms with E-state index < -0.39 is 0 Å². The number of nitrogens with one attached hydrogen (secondary N) is 1. The summed E-state index contributed by atoms with van der Waals surface area (Å²) in [7, 11) is 1.36. The molecule has 1 saturated heterocycles. The zero-order valence-corrected chi connectivity index (χ0v) is 7.86. The van der Waals surface area contributed by atoms with Crippen molar-refractivity contribution in [1.82, 2.24) is 5.32 Å². The first kappa shape index (κ1) is 11.7. The van der Waals surface area contributed by atoms with E-state index in [0.29, 0.717) is 0 Å². The highest BCUT2D eigenvalue weighted by atomic mass is 35.5. The lowest BCUT2D eigenvalue weighted by Gasteiger charge is -2.07. The molecule has 0 bridgehead atoms.